The average Bonchev–Trinajstić information content (AvgIpc) is 3.33. The molecule has 2 atom stereocenters. The van der Waals surface area contributed by atoms with E-state index in [9.17, 15) is 22.8 Å². The second-order valence-electron chi connectivity index (χ2n) is 7.32. The summed E-state index contributed by atoms with van der Waals surface area (Å²) in [6, 6.07) is 3.97. The van der Waals surface area contributed by atoms with Crippen LogP contribution >= 0.6 is 0 Å². The number of nitrogens with one attached hydrogen (secondary N) is 1. The minimum absolute atomic E-state index is 0.0635. The average molecular weight is 423 g/mol. The topological polar surface area (TPSA) is 64.6 Å². The predicted molar refractivity (Wildman–Crippen MR) is 103 cm³/mol. The van der Waals surface area contributed by atoms with Crippen molar-refractivity contribution in [3.8, 4) is 0 Å². The van der Waals surface area contributed by atoms with Crippen molar-refractivity contribution in [1.82, 2.24) is 5.32 Å². The first-order valence-corrected chi connectivity index (χ1v) is 9.80. The Hall–Kier alpha value is -2.77. The SMILES string of the molecule is CCOC(=O)C1=C(CC)NC(C)=C(C(=O)OC)C1c1cccc(F)c1C1CC1(F)F. The van der Waals surface area contributed by atoms with E-state index in [1.165, 1.54) is 19.2 Å². The van der Waals surface area contributed by atoms with E-state index in [0.717, 1.165) is 6.07 Å². The molecule has 1 saturated carbocycles. The van der Waals surface area contributed by atoms with Crippen LogP contribution in [-0.4, -0.2) is 31.6 Å². The first-order chi connectivity index (χ1) is 14.2. The molecule has 8 heteroatoms. The normalized spacial score (nSPS) is 22.5. The Balaban J connectivity index is 2.29. The Bertz CT molecular complexity index is 952. The number of rotatable bonds is 6. The van der Waals surface area contributed by atoms with E-state index in [2.05, 4.69) is 5.32 Å². The molecular weight excluding hydrogens is 399 g/mol. The molecule has 0 radical (unpaired) electrons. The molecule has 1 aromatic rings. The Labute approximate surface area is 172 Å². The summed E-state index contributed by atoms with van der Waals surface area (Å²) in [5, 5.41) is 3.03. The van der Waals surface area contributed by atoms with Crippen molar-refractivity contribution in [3.05, 3.63) is 57.7 Å². The van der Waals surface area contributed by atoms with Gasteiger partial charge in [-0.1, -0.05) is 19.1 Å². The maximum absolute atomic E-state index is 14.8. The van der Waals surface area contributed by atoms with Gasteiger partial charge in [0.15, 0.2) is 0 Å². The number of ether oxygens (including phenoxy) is 2. The molecule has 1 aromatic carbocycles. The van der Waals surface area contributed by atoms with Crippen molar-refractivity contribution in [3.63, 3.8) is 0 Å². The number of carbonyl (C=O) groups excluding carboxylic acids is 2. The highest BCUT2D eigenvalue weighted by Gasteiger charge is 2.59. The maximum Gasteiger partial charge on any atom is 0.336 e. The highest BCUT2D eigenvalue weighted by molar-refractivity contribution is 6.00. The van der Waals surface area contributed by atoms with E-state index >= 15 is 0 Å². The zero-order valence-electron chi connectivity index (χ0n) is 17.3. The van der Waals surface area contributed by atoms with Gasteiger partial charge < -0.3 is 14.8 Å². The van der Waals surface area contributed by atoms with E-state index in [0.29, 0.717) is 17.8 Å². The molecule has 1 fully saturated rings. The van der Waals surface area contributed by atoms with Gasteiger partial charge in [-0.05, 0) is 31.9 Å². The molecule has 0 amide bonds. The fourth-order valence-electron chi connectivity index (χ4n) is 4.02. The maximum atomic E-state index is 14.8. The Kier molecular flexibility index (Phi) is 5.97. The summed E-state index contributed by atoms with van der Waals surface area (Å²) in [7, 11) is 1.18. The molecule has 3 rings (SSSR count). The van der Waals surface area contributed by atoms with Crippen LogP contribution in [0.4, 0.5) is 13.2 Å². The fraction of sp³-hybridized carbons (Fsp3) is 0.455. The molecule has 0 spiro atoms. The number of esters is 2. The molecule has 5 nitrogen and oxygen atoms in total. The molecule has 0 saturated heterocycles. The Morgan fingerprint density at radius 1 is 1.20 bits per heavy atom. The van der Waals surface area contributed by atoms with Crippen LogP contribution in [0.15, 0.2) is 40.7 Å². The van der Waals surface area contributed by atoms with Crippen molar-refractivity contribution < 1.29 is 32.2 Å². The van der Waals surface area contributed by atoms with Gasteiger partial charge in [0.1, 0.15) is 5.82 Å². The van der Waals surface area contributed by atoms with Crippen LogP contribution in [0.3, 0.4) is 0 Å². The van der Waals surface area contributed by atoms with Gasteiger partial charge in [0.25, 0.3) is 5.92 Å². The first-order valence-electron chi connectivity index (χ1n) is 9.80. The quantitative estimate of drug-likeness (QED) is 0.691. The molecule has 30 heavy (non-hydrogen) atoms. The fourth-order valence-corrected chi connectivity index (χ4v) is 4.02. The molecule has 0 aromatic heterocycles. The van der Waals surface area contributed by atoms with E-state index in [1.54, 1.807) is 20.8 Å². The largest absolute Gasteiger partial charge is 0.466 e. The molecule has 1 heterocycles. The molecule has 1 aliphatic heterocycles. The third-order valence-electron chi connectivity index (χ3n) is 5.47. The van der Waals surface area contributed by atoms with Crippen LogP contribution in [0.5, 0.6) is 0 Å². The van der Waals surface area contributed by atoms with Gasteiger partial charge in [0, 0.05) is 23.4 Å². The van der Waals surface area contributed by atoms with Crippen molar-refractivity contribution in [2.45, 2.75) is 51.4 Å². The van der Waals surface area contributed by atoms with Gasteiger partial charge in [-0.2, -0.15) is 0 Å². The van der Waals surface area contributed by atoms with E-state index < -0.39 is 41.9 Å². The van der Waals surface area contributed by atoms with Gasteiger partial charge in [-0.15, -0.1) is 0 Å². The van der Waals surface area contributed by atoms with Crippen molar-refractivity contribution in [2.75, 3.05) is 13.7 Å². The van der Waals surface area contributed by atoms with Crippen LogP contribution in [0.2, 0.25) is 0 Å². The summed E-state index contributed by atoms with van der Waals surface area (Å²) < 4.78 is 52.8. The monoisotopic (exact) mass is 423 g/mol. The lowest BCUT2D eigenvalue weighted by Crippen LogP contribution is -2.33. The lowest BCUT2D eigenvalue weighted by molar-refractivity contribution is -0.139. The van der Waals surface area contributed by atoms with E-state index in [4.69, 9.17) is 9.47 Å². The lowest BCUT2D eigenvalue weighted by atomic mass is 9.77. The molecule has 1 aliphatic carbocycles. The number of benzene rings is 1. The number of hydrogen-bond acceptors (Lipinski definition) is 5. The minimum atomic E-state index is -3.03. The summed E-state index contributed by atoms with van der Waals surface area (Å²) in [4.78, 5) is 25.5. The van der Waals surface area contributed by atoms with Crippen LogP contribution in [-0.2, 0) is 19.1 Å². The number of dihydropyridines is 1. The number of carbonyl (C=O) groups is 2. The summed E-state index contributed by atoms with van der Waals surface area (Å²) in [6.07, 6.45) is -0.0953. The molecule has 1 N–H and O–H groups in total. The number of alkyl halides is 2. The first kappa shape index (κ1) is 21.9. The van der Waals surface area contributed by atoms with Crippen LogP contribution in [0.25, 0.3) is 0 Å². The number of hydrogen-bond donors (Lipinski definition) is 1. The zero-order valence-corrected chi connectivity index (χ0v) is 17.3. The predicted octanol–water partition coefficient (Wildman–Crippen LogP) is 4.31. The van der Waals surface area contributed by atoms with E-state index in [-0.39, 0.29) is 28.9 Å². The third-order valence-corrected chi connectivity index (χ3v) is 5.47. The van der Waals surface area contributed by atoms with Crippen LogP contribution in [0, 0.1) is 5.82 Å². The molecule has 0 bridgehead atoms. The summed E-state index contributed by atoms with van der Waals surface area (Å²) in [6.45, 7) is 5.15. The summed E-state index contributed by atoms with van der Waals surface area (Å²) >= 11 is 0. The van der Waals surface area contributed by atoms with E-state index in [1.807, 2.05) is 0 Å². The summed E-state index contributed by atoms with van der Waals surface area (Å²) in [5.41, 5.74) is 1.03. The molecule has 2 aliphatic rings. The van der Waals surface area contributed by atoms with Crippen LogP contribution in [0.1, 0.15) is 56.6 Å². The smallest absolute Gasteiger partial charge is 0.336 e. The Morgan fingerprint density at radius 3 is 2.40 bits per heavy atom. The molecule has 162 valence electrons. The van der Waals surface area contributed by atoms with Gasteiger partial charge in [-0.3, -0.25) is 0 Å². The highest BCUT2D eigenvalue weighted by atomic mass is 19.3. The van der Waals surface area contributed by atoms with Gasteiger partial charge in [0.05, 0.1) is 36.7 Å². The lowest BCUT2D eigenvalue weighted by Gasteiger charge is -2.32. The van der Waals surface area contributed by atoms with Gasteiger partial charge in [-0.25, -0.2) is 22.8 Å². The Morgan fingerprint density at radius 2 is 1.87 bits per heavy atom. The third kappa shape index (κ3) is 3.70. The number of methoxy groups -OCH3 is 1. The second kappa shape index (κ2) is 8.16. The van der Waals surface area contributed by atoms with Crippen molar-refractivity contribution in [2.24, 2.45) is 0 Å². The standard InChI is InChI=1S/C22H24F3NO4/c1-5-15-19(21(28)30-6-2)18(16(11(3)26-15)20(27)29-4)12-8-7-9-14(23)17(12)13-10-22(13,24)25/h7-9,13,18,26H,5-6,10H2,1-4H3. The van der Waals surface area contributed by atoms with Crippen molar-refractivity contribution >= 4 is 11.9 Å². The zero-order chi connectivity index (χ0) is 22.2. The summed E-state index contributed by atoms with van der Waals surface area (Å²) in [5.74, 6) is -7.66. The number of halogens is 3. The minimum Gasteiger partial charge on any atom is -0.466 e. The molecule has 2 unspecified atom stereocenters. The van der Waals surface area contributed by atoms with Gasteiger partial charge in [0.2, 0.25) is 0 Å². The highest BCUT2D eigenvalue weighted by Crippen LogP contribution is 2.58. The van der Waals surface area contributed by atoms with Gasteiger partial charge >= 0.3 is 11.9 Å². The van der Waals surface area contributed by atoms with Crippen LogP contribution < -0.4 is 5.32 Å². The molecular formula is C22H24F3NO4. The number of allylic oxidation sites excluding steroid dienone is 2. The van der Waals surface area contributed by atoms with Crippen molar-refractivity contribution in [1.29, 1.82) is 0 Å². The second-order valence-corrected chi connectivity index (χ2v) is 7.32.